The van der Waals surface area contributed by atoms with Gasteiger partial charge in [-0.25, -0.2) is 0 Å². The highest BCUT2D eigenvalue weighted by molar-refractivity contribution is 5.81. The molecule has 2 aliphatic carbocycles. The molecule has 3 heteroatoms. The first-order valence-electron chi connectivity index (χ1n) is 6.67. The van der Waals surface area contributed by atoms with Gasteiger partial charge < -0.3 is 10.6 Å². The number of nitrogens with one attached hydrogen (secondary N) is 2. The van der Waals surface area contributed by atoms with E-state index in [-0.39, 0.29) is 17.5 Å². The number of hydrogen-bond donors (Lipinski definition) is 2. The van der Waals surface area contributed by atoms with E-state index in [0.29, 0.717) is 6.04 Å². The SMILES string of the molecule is CC(NC1(C)CCC1)C(=O)NC1CCCC1. The Balaban J connectivity index is 1.75. The molecule has 1 atom stereocenters. The molecule has 0 spiro atoms. The van der Waals surface area contributed by atoms with Crippen LogP contribution in [0.15, 0.2) is 0 Å². The van der Waals surface area contributed by atoms with Gasteiger partial charge in [0.05, 0.1) is 6.04 Å². The largest absolute Gasteiger partial charge is 0.352 e. The summed E-state index contributed by atoms with van der Waals surface area (Å²) in [6.45, 7) is 4.20. The van der Waals surface area contributed by atoms with E-state index < -0.39 is 0 Å². The Bertz CT molecular complexity index is 255. The van der Waals surface area contributed by atoms with Gasteiger partial charge in [-0.2, -0.15) is 0 Å². The molecule has 0 bridgehead atoms. The lowest BCUT2D eigenvalue weighted by Gasteiger charge is -2.41. The number of carbonyl (C=O) groups excluding carboxylic acids is 1. The molecule has 0 aliphatic heterocycles. The number of carbonyl (C=O) groups is 1. The minimum absolute atomic E-state index is 0.0501. The van der Waals surface area contributed by atoms with Crippen LogP contribution in [0, 0.1) is 0 Å². The Kier molecular flexibility index (Phi) is 3.53. The molecule has 0 radical (unpaired) electrons. The summed E-state index contributed by atoms with van der Waals surface area (Å²) >= 11 is 0. The van der Waals surface area contributed by atoms with E-state index in [9.17, 15) is 4.79 Å². The standard InChI is InChI=1S/C13H24N2O/c1-10(15-13(2)8-5-9-13)12(16)14-11-6-3-4-7-11/h10-11,15H,3-9H2,1-2H3,(H,14,16). The van der Waals surface area contributed by atoms with Crippen molar-refractivity contribution in [2.45, 2.75) is 76.4 Å². The van der Waals surface area contributed by atoms with Crippen molar-refractivity contribution in [2.75, 3.05) is 0 Å². The third kappa shape index (κ3) is 2.76. The van der Waals surface area contributed by atoms with E-state index in [4.69, 9.17) is 0 Å². The van der Waals surface area contributed by atoms with E-state index in [0.717, 1.165) is 12.8 Å². The highest BCUT2D eigenvalue weighted by Crippen LogP contribution is 2.31. The van der Waals surface area contributed by atoms with Crippen molar-refractivity contribution < 1.29 is 4.79 Å². The maximum Gasteiger partial charge on any atom is 0.237 e. The zero-order valence-electron chi connectivity index (χ0n) is 10.5. The van der Waals surface area contributed by atoms with Crippen molar-refractivity contribution in [1.29, 1.82) is 0 Å². The second kappa shape index (κ2) is 4.74. The minimum Gasteiger partial charge on any atom is -0.352 e. The fourth-order valence-electron chi connectivity index (χ4n) is 2.84. The molecule has 2 fully saturated rings. The first-order valence-corrected chi connectivity index (χ1v) is 6.67. The van der Waals surface area contributed by atoms with Gasteiger partial charge in [-0.15, -0.1) is 0 Å². The van der Waals surface area contributed by atoms with E-state index >= 15 is 0 Å². The monoisotopic (exact) mass is 224 g/mol. The molecule has 1 amide bonds. The molecule has 16 heavy (non-hydrogen) atoms. The zero-order valence-corrected chi connectivity index (χ0v) is 10.5. The minimum atomic E-state index is -0.0501. The third-order valence-electron chi connectivity index (χ3n) is 4.12. The van der Waals surface area contributed by atoms with Crippen LogP contribution in [0.2, 0.25) is 0 Å². The van der Waals surface area contributed by atoms with Gasteiger partial charge in [0.25, 0.3) is 0 Å². The van der Waals surface area contributed by atoms with Crippen molar-refractivity contribution in [3.63, 3.8) is 0 Å². The van der Waals surface area contributed by atoms with Crippen LogP contribution in [0.3, 0.4) is 0 Å². The fourth-order valence-corrected chi connectivity index (χ4v) is 2.84. The van der Waals surface area contributed by atoms with Gasteiger partial charge in [-0.3, -0.25) is 4.79 Å². The van der Waals surface area contributed by atoms with Gasteiger partial charge in [0.15, 0.2) is 0 Å². The number of hydrogen-bond acceptors (Lipinski definition) is 2. The molecule has 0 aromatic rings. The summed E-state index contributed by atoms with van der Waals surface area (Å²) in [5, 5.41) is 6.60. The van der Waals surface area contributed by atoms with Gasteiger partial charge in [0.1, 0.15) is 0 Å². The van der Waals surface area contributed by atoms with Crippen LogP contribution in [0.25, 0.3) is 0 Å². The molecule has 1 unspecified atom stereocenters. The van der Waals surface area contributed by atoms with Crippen LogP contribution < -0.4 is 10.6 Å². The van der Waals surface area contributed by atoms with Gasteiger partial charge in [-0.05, 0) is 46.0 Å². The molecular formula is C13H24N2O. The predicted molar refractivity (Wildman–Crippen MR) is 65.3 cm³/mol. The van der Waals surface area contributed by atoms with Crippen molar-refractivity contribution >= 4 is 5.91 Å². The molecule has 2 N–H and O–H groups in total. The normalized spacial score (nSPS) is 26.1. The van der Waals surface area contributed by atoms with E-state index in [2.05, 4.69) is 17.6 Å². The summed E-state index contributed by atoms with van der Waals surface area (Å²) in [7, 11) is 0. The van der Waals surface area contributed by atoms with Crippen LogP contribution in [0.5, 0.6) is 0 Å². The van der Waals surface area contributed by atoms with Gasteiger partial charge >= 0.3 is 0 Å². The second-order valence-electron chi connectivity index (χ2n) is 5.77. The fraction of sp³-hybridized carbons (Fsp3) is 0.923. The van der Waals surface area contributed by atoms with Crippen LogP contribution in [-0.4, -0.2) is 23.5 Å². The molecule has 0 heterocycles. The summed E-state index contributed by atoms with van der Waals surface area (Å²) in [6, 6.07) is 0.386. The Morgan fingerprint density at radius 2 is 1.88 bits per heavy atom. The van der Waals surface area contributed by atoms with E-state index in [1.54, 1.807) is 0 Å². The molecule has 3 nitrogen and oxygen atoms in total. The highest BCUT2D eigenvalue weighted by Gasteiger charge is 2.34. The zero-order chi connectivity index (χ0) is 11.6. The quantitative estimate of drug-likeness (QED) is 0.766. The summed E-state index contributed by atoms with van der Waals surface area (Å²) in [5.41, 5.74) is 0.215. The summed E-state index contributed by atoms with van der Waals surface area (Å²) in [4.78, 5) is 11.9. The molecular weight excluding hydrogens is 200 g/mol. The lowest BCUT2D eigenvalue weighted by atomic mass is 9.78. The Labute approximate surface area is 98.4 Å². The van der Waals surface area contributed by atoms with Crippen LogP contribution in [-0.2, 0) is 4.79 Å². The maximum absolute atomic E-state index is 11.9. The molecule has 92 valence electrons. The number of rotatable bonds is 4. The lowest BCUT2D eigenvalue weighted by molar-refractivity contribution is -0.124. The van der Waals surface area contributed by atoms with Crippen LogP contribution >= 0.6 is 0 Å². The maximum atomic E-state index is 11.9. The average Bonchev–Trinajstić information content (AvgIpc) is 2.68. The Morgan fingerprint density at radius 3 is 2.38 bits per heavy atom. The van der Waals surface area contributed by atoms with Crippen molar-refractivity contribution in [3.8, 4) is 0 Å². The average molecular weight is 224 g/mol. The van der Waals surface area contributed by atoms with Gasteiger partial charge in [0, 0.05) is 11.6 Å². The van der Waals surface area contributed by atoms with Gasteiger partial charge in [-0.1, -0.05) is 12.8 Å². The van der Waals surface area contributed by atoms with E-state index in [1.165, 1.54) is 32.1 Å². The Hall–Kier alpha value is -0.570. The molecule has 0 aromatic heterocycles. The van der Waals surface area contributed by atoms with Gasteiger partial charge in [0.2, 0.25) is 5.91 Å². The molecule has 0 saturated heterocycles. The third-order valence-corrected chi connectivity index (χ3v) is 4.12. The van der Waals surface area contributed by atoms with Crippen LogP contribution in [0.1, 0.15) is 58.8 Å². The summed E-state index contributed by atoms with van der Waals surface area (Å²) < 4.78 is 0. The van der Waals surface area contributed by atoms with E-state index in [1.807, 2.05) is 6.92 Å². The Morgan fingerprint density at radius 1 is 1.25 bits per heavy atom. The smallest absolute Gasteiger partial charge is 0.237 e. The highest BCUT2D eigenvalue weighted by atomic mass is 16.2. The predicted octanol–water partition coefficient (Wildman–Crippen LogP) is 1.97. The molecule has 2 rings (SSSR count). The second-order valence-corrected chi connectivity index (χ2v) is 5.77. The van der Waals surface area contributed by atoms with Crippen LogP contribution in [0.4, 0.5) is 0 Å². The number of amides is 1. The van der Waals surface area contributed by atoms with Crippen molar-refractivity contribution in [1.82, 2.24) is 10.6 Å². The molecule has 2 aliphatic rings. The van der Waals surface area contributed by atoms with Crippen molar-refractivity contribution in [2.24, 2.45) is 0 Å². The summed E-state index contributed by atoms with van der Waals surface area (Å²) in [6.07, 6.45) is 8.56. The lowest BCUT2D eigenvalue weighted by Crippen LogP contribution is -2.57. The molecule has 0 aromatic carbocycles. The topological polar surface area (TPSA) is 41.1 Å². The first kappa shape index (κ1) is 11.9. The first-order chi connectivity index (χ1) is 7.59. The molecule has 2 saturated carbocycles. The van der Waals surface area contributed by atoms with Crippen molar-refractivity contribution in [3.05, 3.63) is 0 Å². The summed E-state index contributed by atoms with van der Waals surface area (Å²) in [5.74, 6) is 0.181.